The van der Waals surface area contributed by atoms with Crippen molar-refractivity contribution in [3.63, 3.8) is 0 Å². The molecule has 0 aliphatic rings. The van der Waals surface area contributed by atoms with E-state index in [4.69, 9.17) is 9.15 Å². The Balaban J connectivity index is 2.17. The molecule has 7 heteroatoms. The van der Waals surface area contributed by atoms with Crippen LogP contribution in [0.4, 0.5) is 13.2 Å². The van der Waals surface area contributed by atoms with Gasteiger partial charge in [-0.3, -0.25) is 4.79 Å². The van der Waals surface area contributed by atoms with Crippen LogP contribution in [-0.4, -0.2) is 12.1 Å². The van der Waals surface area contributed by atoms with Gasteiger partial charge in [-0.15, -0.1) is 0 Å². The van der Waals surface area contributed by atoms with E-state index < -0.39 is 17.2 Å². The van der Waals surface area contributed by atoms with Crippen molar-refractivity contribution in [1.82, 2.24) is 4.98 Å². The fraction of sp³-hybridized carbons (Fsp3) is 0.125. The van der Waals surface area contributed by atoms with Gasteiger partial charge in [0.05, 0.1) is 12.5 Å². The largest absolute Gasteiger partial charge is 0.481 e. The number of benzene rings is 1. The molecule has 0 atom stereocenters. The van der Waals surface area contributed by atoms with Crippen LogP contribution in [0.1, 0.15) is 5.56 Å². The van der Waals surface area contributed by atoms with Crippen molar-refractivity contribution in [2.75, 3.05) is 7.11 Å². The van der Waals surface area contributed by atoms with E-state index in [2.05, 4.69) is 4.98 Å². The van der Waals surface area contributed by atoms with Crippen molar-refractivity contribution in [3.05, 3.63) is 58.6 Å². The Morgan fingerprint density at radius 1 is 1.13 bits per heavy atom. The van der Waals surface area contributed by atoms with Gasteiger partial charge in [-0.2, -0.15) is 13.2 Å². The van der Waals surface area contributed by atoms with Gasteiger partial charge >= 0.3 is 6.18 Å². The van der Waals surface area contributed by atoms with Crippen LogP contribution < -0.4 is 10.2 Å². The van der Waals surface area contributed by atoms with E-state index in [0.717, 1.165) is 0 Å². The molecule has 0 amide bonds. The minimum atomic E-state index is -4.76. The number of hydrogen-bond donors (Lipinski definition) is 0. The summed E-state index contributed by atoms with van der Waals surface area (Å²) in [4.78, 5) is 16.1. The number of halogens is 3. The highest BCUT2D eigenvalue weighted by Gasteiger charge is 2.35. The van der Waals surface area contributed by atoms with Gasteiger partial charge in [0.2, 0.25) is 11.3 Å². The van der Waals surface area contributed by atoms with E-state index in [9.17, 15) is 18.0 Å². The zero-order chi connectivity index (χ0) is 16.6. The maximum Gasteiger partial charge on any atom is 0.423 e. The van der Waals surface area contributed by atoms with Crippen LogP contribution in [-0.2, 0) is 6.18 Å². The van der Waals surface area contributed by atoms with E-state index in [1.54, 1.807) is 18.2 Å². The predicted octanol–water partition coefficient (Wildman–Crippen LogP) is 3.88. The van der Waals surface area contributed by atoms with Crippen LogP contribution in [0.3, 0.4) is 0 Å². The summed E-state index contributed by atoms with van der Waals surface area (Å²) in [6, 6.07) is 7.77. The molecule has 3 aromatic rings. The predicted molar refractivity (Wildman–Crippen MR) is 77.3 cm³/mol. The first-order valence-electron chi connectivity index (χ1n) is 6.53. The lowest BCUT2D eigenvalue weighted by atomic mass is 10.0. The number of methoxy groups -OCH3 is 1. The number of ether oxygens (including phenoxy) is 1. The maximum absolute atomic E-state index is 12.8. The van der Waals surface area contributed by atoms with Crippen LogP contribution in [0.2, 0.25) is 0 Å². The van der Waals surface area contributed by atoms with Crippen LogP contribution in [0.15, 0.2) is 52.0 Å². The summed E-state index contributed by atoms with van der Waals surface area (Å²) in [7, 11) is 1.47. The normalized spacial score (nSPS) is 11.7. The van der Waals surface area contributed by atoms with Gasteiger partial charge in [-0.05, 0) is 23.8 Å². The number of hydrogen-bond acceptors (Lipinski definition) is 4. The van der Waals surface area contributed by atoms with E-state index in [0.29, 0.717) is 23.3 Å². The van der Waals surface area contributed by atoms with Gasteiger partial charge < -0.3 is 9.15 Å². The van der Waals surface area contributed by atoms with Gasteiger partial charge in [0.1, 0.15) is 17.4 Å². The molecule has 0 saturated carbocycles. The molecule has 0 aliphatic carbocycles. The van der Waals surface area contributed by atoms with E-state index in [1.165, 1.54) is 25.4 Å². The average molecular weight is 321 g/mol. The topological polar surface area (TPSA) is 52.3 Å². The summed E-state index contributed by atoms with van der Waals surface area (Å²) in [5.41, 5.74) is -1.14. The zero-order valence-corrected chi connectivity index (χ0v) is 11.8. The number of fused-ring (bicyclic) bond motifs is 1. The Labute approximate surface area is 128 Å². The second kappa shape index (κ2) is 5.42. The van der Waals surface area contributed by atoms with Gasteiger partial charge in [-0.1, -0.05) is 6.07 Å². The molecule has 118 valence electrons. The molecule has 2 aromatic heterocycles. The molecule has 0 fully saturated rings. The molecule has 3 rings (SSSR count). The number of pyridine rings is 1. The minimum absolute atomic E-state index is 0.0909. The van der Waals surface area contributed by atoms with Crippen molar-refractivity contribution in [3.8, 4) is 17.0 Å². The molecule has 0 radical (unpaired) electrons. The highest BCUT2D eigenvalue weighted by atomic mass is 19.4. The second-order valence-electron chi connectivity index (χ2n) is 4.78. The van der Waals surface area contributed by atoms with Crippen molar-refractivity contribution in [2.24, 2.45) is 0 Å². The first-order valence-corrected chi connectivity index (χ1v) is 6.53. The first-order chi connectivity index (χ1) is 10.9. The molecule has 0 saturated heterocycles. The number of rotatable bonds is 2. The Hall–Kier alpha value is -2.83. The average Bonchev–Trinajstić information content (AvgIpc) is 2.54. The quantitative estimate of drug-likeness (QED) is 0.719. The summed E-state index contributed by atoms with van der Waals surface area (Å²) in [6.07, 6.45) is -2.80. The van der Waals surface area contributed by atoms with Gasteiger partial charge in [0, 0.05) is 17.8 Å². The highest BCUT2D eigenvalue weighted by Crippen LogP contribution is 2.29. The monoisotopic (exact) mass is 321 g/mol. The van der Waals surface area contributed by atoms with E-state index in [-0.39, 0.29) is 11.0 Å². The molecular formula is C16H10F3NO3. The van der Waals surface area contributed by atoms with Crippen LogP contribution in [0.5, 0.6) is 5.88 Å². The molecule has 0 unspecified atom stereocenters. The lowest BCUT2D eigenvalue weighted by Gasteiger charge is -2.07. The molecule has 1 aromatic carbocycles. The maximum atomic E-state index is 12.8. The Morgan fingerprint density at radius 3 is 2.48 bits per heavy atom. The standard InChI is InChI=1S/C16H10F3NO3/c1-22-14-5-3-10(7-20-14)9-2-4-13-11(6-9)15(21)12(8-23-13)16(17,18)19/h2-8H,1H3. The van der Waals surface area contributed by atoms with Crippen molar-refractivity contribution < 1.29 is 22.3 Å². The molecule has 0 bridgehead atoms. The Morgan fingerprint density at radius 2 is 1.87 bits per heavy atom. The molecular weight excluding hydrogens is 311 g/mol. The fourth-order valence-corrected chi connectivity index (χ4v) is 2.18. The number of nitrogens with zero attached hydrogens (tertiary/aromatic N) is 1. The third-order valence-corrected chi connectivity index (χ3v) is 3.36. The summed E-state index contributed by atoms with van der Waals surface area (Å²) in [6.45, 7) is 0. The molecule has 23 heavy (non-hydrogen) atoms. The number of aromatic nitrogens is 1. The Bertz CT molecular complexity index is 914. The Kier molecular flexibility index (Phi) is 3.55. The molecule has 0 aliphatic heterocycles. The van der Waals surface area contributed by atoms with Crippen molar-refractivity contribution in [1.29, 1.82) is 0 Å². The van der Waals surface area contributed by atoms with E-state index >= 15 is 0 Å². The number of alkyl halides is 3. The first kappa shape index (κ1) is 15.1. The second-order valence-corrected chi connectivity index (χ2v) is 4.78. The summed E-state index contributed by atoms with van der Waals surface area (Å²) in [5.74, 6) is 0.411. The van der Waals surface area contributed by atoms with Crippen molar-refractivity contribution in [2.45, 2.75) is 6.18 Å². The van der Waals surface area contributed by atoms with Crippen LogP contribution in [0, 0.1) is 0 Å². The minimum Gasteiger partial charge on any atom is -0.481 e. The lowest BCUT2D eigenvalue weighted by molar-refractivity contribution is -0.139. The van der Waals surface area contributed by atoms with E-state index in [1.807, 2.05) is 0 Å². The molecule has 2 heterocycles. The third kappa shape index (κ3) is 2.77. The highest BCUT2D eigenvalue weighted by molar-refractivity contribution is 5.83. The smallest absolute Gasteiger partial charge is 0.423 e. The molecule has 0 N–H and O–H groups in total. The zero-order valence-electron chi connectivity index (χ0n) is 11.8. The van der Waals surface area contributed by atoms with Crippen LogP contribution >= 0.6 is 0 Å². The van der Waals surface area contributed by atoms with Gasteiger partial charge in [-0.25, -0.2) is 4.98 Å². The SMILES string of the molecule is COc1ccc(-c2ccc3occ(C(F)(F)F)c(=O)c3c2)cn1. The van der Waals surface area contributed by atoms with Crippen molar-refractivity contribution >= 4 is 11.0 Å². The molecule has 0 spiro atoms. The molecule has 4 nitrogen and oxygen atoms in total. The van der Waals surface area contributed by atoms with Gasteiger partial charge in [0.25, 0.3) is 0 Å². The summed E-state index contributed by atoms with van der Waals surface area (Å²) >= 11 is 0. The third-order valence-electron chi connectivity index (χ3n) is 3.36. The lowest BCUT2D eigenvalue weighted by Crippen LogP contribution is -2.18. The fourth-order valence-electron chi connectivity index (χ4n) is 2.18. The van der Waals surface area contributed by atoms with Crippen LogP contribution in [0.25, 0.3) is 22.1 Å². The van der Waals surface area contributed by atoms with Gasteiger partial charge in [0.15, 0.2) is 0 Å². The summed E-state index contributed by atoms with van der Waals surface area (Å²) in [5, 5.41) is -0.131. The summed E-state index contributed by atoms with van der Waals surface area (Å²) < 4.78 is 48.3.